The number of Topliss-reactive ketones (excluding diaryl/α,β-unsaturated/α-hetero) is 1. The van der Waals surface area contributed by atoms with Gasteiger partial charge >= 0.3 is 0 Å². The number of rotatable bonds is 2. The summed E-state index contributed by atoms with van der Waals surface area (Å²) in [7, 11) is 0. The van der Waals surface area contributed by atoms with Gasteiger partial charge in [0.2, 0.25) is 0 Å². The summed E-state index contributed by atoms with van der Waals surface area (Å²) < 4.78 is 13.0. The molecule has 17 heavy (non-hydrogen) atoms. The van der Waals surface area contributed by atoms with Crippen LogP contribution in [0.2, 0.25) is 0 Å². The smallest absolute Gasteiger partial charge is 0.167 e. The Morgan fingerprint density at radius 1 is 1.29 bits per heavy atom. The molecule has 0 N–H and O–H groups in total. The fourth-order valence-electron chi connectivity index (χ4n) is 2.57. The summed E-state index contributed by atoms with van der Waals surface area (Å²) in [6.07, 6.45) is 5.51. The molecule has 1 aromatic rings. The molecule has 2 rings (SSSR count). The van der Waals surface area contributed by atoms with Crippen LogP contribution in [0.5, 0.6) is 0 Å². The second-order valence-electron chi connectivity index (χ2n) is 5.22. The molecule has 1 aromatic heterocycles. The summed E-state index contributed by atoms with van der Waals surface area (Å²) in [6.45, 7) is 4.42. The average Bonchev–Trinajstić information content (AvgIpc) is 2.32. The molecular formula is C14H18FNO. The average molecular weight is 235 g/mol. The number of ketones is 1. The normalized spacial score (nSPS) is 29.0. The van der Waals surface area contributed by atoms with Crippen molar-refractivity contribution in [2.45, 2.75) is 33.1 Å². The van der Waals surface area contributed by atoms with Crippen LogP contribution in [0, 0.1) is 23.6 Å². The highest BCUT2D eigenvalue weighted by molar-refractivity contribution is 5.97. The quantitative estimate of drug-likeness (QED) is 0.735. The summed E-state index contributed by atoms with van der Waals surface area (Å²) in [5, 5.41) is 0. The van der Waals surface area contributed by atoms with Crippen molar-refractivity contribution in [2.24, 2.45) is 17.8 Å². The van der Waals surface area contributed by atoms with E-state index in [1.165, 1.54) is 12.3 Å². The Kier molecular flexibility index (Phi) is 3.55. The summed E-state index contributed by atoms with van der Waals surface area (Å²) in [4.78, 5) is 15.9. The highest BCUT2D eigenvalue weighted by Crippen LogP contribution is 2.34. The zero-order valence-electron chi connectivity index (χ0n) is 10.3. The molecule has 0 aliphatic heterocycles. The van der Waals surface area contributed by atoms with Gasteiger partial charge in [0.1, 0.15) is 5.82 Å². The van der Waals surface area contributed by atoms with E-state index >= 15 is 0 Å². The van der Waals surface area contributed by atoms with Gasteiger partial charge in [0, 0.05) is 17.7 Å². The molecule has 3 unspecified atom stereocenters. The van der Waals surface area contributed by atoms with E-state index in [2.05, 4.69) is 18.8 Å². The number of pyridine rings is 1. The first kappa shape index (κ1) is 12.2. The standard InChI is InChI=1S/C14H18FNO/c1-9-3-4-11(5-10(9)2)14(17)12-6-13(15)8-16-7-12/h6-11H,3-5H2,1-2H3. The Labute approximate surface area is 101 Å². The van der Waals surface area contributed by atoms with Crippen LogP contribution in [0.4, 0.5) is 4.39 Å². The number of hydrogen-bond donors (Lipinski definition) is 0. The molecule has 0 aromatic carbocycles. The van der Waals surface area contributed by atoms with Crippen LogP contribution in [0.3, 0.4) is 0 Å². The minimum absolute atomic E-state index is 0.0461. The lowest BCUT2D eigenvalue weighted by molar-refractivity contribution is 0.0836. The zero-order valence-corrected chi connectivity index (χ0v) is 10.3. The monoisotopic (exact) mass is 235 g/mol. The Bertz CT molecular complexity index is 418. The van der Waals surface area contributed by atoms with Crippen molar-refractivity contribution in [2.75, 3.05) is 0 Å². The predicted octanol–water partition coefficient (Wildman–Crippen LogP) is 3.48. The van der Waals surface area contributed by atoms with E-state index in [1.54, 1.807) is 0 Å². The molecule has 92 valence electrons. The summed E-state index contributed by atoms with van der Waals surface area (Å²) in [5.74, 6) is 0.914. The number of aromatic nitrogens is 1. The second-order valence-corrected chi connectivity index (χ2v) is 5.22. The summed E-state index contributed by atoms with van der Waals surface area (Å²) >= 11 is 0. The lowest BCUT2D eigenvalue weighted by Crippen LogP contribution is -2.26. The molecule has 2 nitrogen and oxygen atoms in total. The van der Waals surface area contributed by atoms with Gasteiger partial charge in [-0.05, 0) is 37.2 Å². The lowest BCUT2D eigenvalue weighted by atomic mass is 9.73. The van der Waals surface area contributed by atoms with Crippen LogP contribution >= 0.6 is 0 Å². The van der Waals surface area contributed by atoms with Crippen molar-refractivity contribution in [1.29, 1.82) is 0 Å². The highest BCUT2D eigenvalue weighted by Gasteiger charge is 2.29. The number of carbonyl (C=O) groups is 1. The van der Waals surface area contributed by atoms with Gasteiger partial charge in [-0.1, -0.05) is 13.8 Å². The van der Waals surface area contributed by atoms with Crippen LogP contribution in [0.15, 0.2) is 18.5 Å². The Morgan fingerprint density at radius 2 is 2.06 bits per heavy atom. The molecule has 1 heterocycles. The van der Waals surface area contributed by atoms with Crippen LogP contribution < -0.4 is 0 Å². The Balaban J connectivity index is 2.10. The van der Waals surface area contributed by atoms with Crippen molar-refractivity contribution in [3.8, 4) is 0 Å². The van der Waals surface area contributed by atoms with Crippen molar-refractivity contribution < 1.29 is 9.18 Å². The van der Waals surface area contributed by atoms with Gasteiger partial charge in [0.05, 0.1) is 6.20 Å². The van der Waals surface area contributed by atoms with E-state index < -0.39 is 5.82 Å². The number of halogens is 1. The molecule has 0 radical (unpaired) electrons. The molecule has 1 aliphatic carbocycles. The Hall–Kier alpha value is -1.25. The number of nitrogens with zero attached hydrogens (tertiary/aromatic N) is 1. The van der Waals surface area contributed by atoms with E-state index in [1.807, 2.05) is 0 Å². The topological polar surface area (TPSA) is 30.0 Å². The van der Waals surface area contributed by atoms with Crippen LogP contribution in [0.25, 0.3) is 0 Å². The molecule has 0 amide bonds. The van der Waals surface area contributed by atoms with Crippen LogP contribution in [-0.2, 0) is 0 Å². The lowest BCUT2D eigenvalue weighted by Gasteiger charge is -2.31. The molecule has 0 bridgehead atoms. The first-order valence-electron chi connectivity index (χ1n) is 6.22. The third-order valence-corrected chi connectivity index (χ3v) is 3.96. The summed E-state index contributed by atoms with van der Waals surface area (Å²) in [5.41, 5.74) is 0.414. The second kappa shape index (κ2) is 4.94. The predicted molar refractivity (Wildman–Crippen MR) is 64.2 cm³/mol. The first-order chi connectivity index (χ1) is 8.08. The van der Waals surface area contributed by atoms with Gasteiger partial charge in [0.15, 0.2) is 5.78 Å². The van der Waals surface area contributed by atoms with Crippen molar-refractivity contribution in [3.05, 3.63) is 29.8 Å². The van der Waals surface area contributed by atoms with Crippen molar-refractivity contribution in [1.82, 2.24) is 4.98 Å². The largest absolute Gasteiger partial charge is 0.294 e. The minimum Gasteiger partial charge on any atom is -0.294 e. The first-order valence-corrected chi connectivity index (χ1v) is 6.22. The molecule has 0 spiro atoms. The van der Waals surface area contributed by atoms with Gasteiger partial charge < -0.3 is 0 Å². The van der Waals surface area contributed by atoms with E-state index in [-0.39, 0.29) is 11.7 Å². The number of hydrogen-bond acceptors (Lipinski definition) is 2. The van der Waals surface area contributed by atoms with Crippen LogP contribution in [-0.4, -0.2) is 10.8 Å². The molecule has 3 atom stereocenters. The third-order valence-electron chi connectivity index (χ3n) is 3.96. The van der Waals surface area contributed by atoms with Gasteiger partial charge in [-0.15, -0.1) is 0 Å². The zero-order chi connectivity index (χ0) is 12.4. The maximum atomic E-state index is 13.0. The van der Waals surface area contributed by atoms with Crippen molar-refractivity contribution >= 4 is 5.78 Å². The molecule has 1 aliphatic rings. The fourth-order valence-corrected chi connectivity index (χ4v) is 2.57. The molecular weight excluding hydrogens is 217 g/mol. The van der Waals surface area contributed by atoms with Gasteiger partial charge in [-0.2, -0.15) is 0 Å². The molecule has 1 saturated carbocycles. The minimum atomic E-state index is -0.437. The highest BCUT2D eigenvalue weighted by atomic mass is 19.1. The van der Waals surface area contributed by atoms with E-state index in [0.29, 0.717) is 17.4 Å². The van der Waals surface area contributed by atoms with Gasteiger partial charge in [0.25, 0.3) is 0 Å². The summed E-state index contributed by atoms with van der Waals surface area (Å²) in [6, 6.07) is 1.29. The van der Waals surface area contributed by atoms with E-state index in [0.717, 1.165) is 25.5 Å². The SMILES string of the molecule is CC1CCC(C(=O)c2cncc(F)c2)CC1C. The molecule has 3 heteroatoms. The Morgan fingerprint density at radius 3 is 2.71 bits per heavy atom. The maximum Gasteiger partial charge on any atom is 0.167 e. The van der Waals surface area contributed by atoms with Gasteiger partial charge in [-0.25, -0.2) is 4.39 Å². The molecule has 1 fully saturated rings. The maximum absolute atomic E-state index is 13.0. The number of carbonyl (C=O) groups excluding carboxylic acids is 1. The molecule has 0 saturated heterocycles. The van der Waals surface area contributed by atoms with Gasteiger partial charge in [-0.3, -0.25) is 9.78 Å². The van der Waals surface area contributed by atoms with Crippen LogP contribution in [0.1, 0.15) is 43.5 Å². The van der Waals surface area contributed by atoms with Crippen molar-refractivity contribution in [3.63, 3.8) is 0 Å². The fraction of sp³-hybridized carbons (Fsp3) is 0.571. The third kappa shape index (κ3) is 2.71. The van der Waals surface area contributed by atoms with E-state index in [4.69, 9.17) is 0 Å². The van der Waals surface area contributed by atoms with E-state index in [9.17, 15) is 9.18 Å².